The molecule has 0 unspecified atom stereocenters. The van der Waals surface area contributed by atoms with Crippen molar-refractivity contribution < 1.29 is 18.3 Å². The van der Waals surface area contributed by atoms with Gasteiger partial charge in [0.15, 0.2) is 0 Å². The Morgan fingerprint density at radius 1 is 1.38 bits per heavy atom. The number of nitrogens with zero attached hydrogens (tertiary/aromatic N) is 1. The van der Waals surface area contributed by atoms with Crippen LogP contribution in [0.1, 0.15) is 5.56 Å². The molecule has 0 aromatic heterocycles. The van der Waals surface area contributed by atoms with Crippen molar-refractivity contribution in [3.63, 3.8) is 0 Å². The monoisotopic (exact) mass is 297 g/mol. The molecule has 1 aromatic rings. The van der Waals surface area contributed by atoms with Gasteiger partial charge in [-0.2, -0.15) is 13.2 Å². The van der Waals surface area contributed by atoms with Crippen LogP contribution in [-0.2, 0) is 6.18 Å². The highest BCUT2D eigenvalue weighted by Crippen LogP contribution is 2.36. The summed E-state index contributed by atoms with van der Waals surface area (Å²) in [7, 11) is 1.62. The van der Waals surface area contributed by atoms with Crippen LogP contribution >= 0.6 is 15.9 Å². The molecular weight excluding hydrogens is 287 g/mol. The molecular formula is C10H11BrF3NO. The molecule has 1 rings (SSSR count). The van der Waals surface area contributed by atoms with Crippen LogP contribution in [0.25, 0.3) is 0 Å². The molecule has 0 saturated heterocycles. The predicted octanol–water partition coefficient (Wildman–Crippen LogP) is 2.90. The van der Waals surface area contributed by atoms with Gasteiger partial charge in [-0.3, -0.25) is 0 Å². The van der Waals surface area contributed by atoms with E-state index in [-0.39, 0.29) is 11.1 Å². The van der Waals surface area contributed by atoms with E-state index in [1.54, 1.807) is 18.0 Å². The second kappa shape index (κ2) is 5.05. The van der Waals surface area contributed by atoms with Gasteiger partial charge in [0.2, 0.25) is 0 Å². The fourth-order valence-corrected chi connectivity index (χ4v) is 1.72. The Morgan fingerprint density at radius 2 is 2.00 bits per heavy atom. The van der Waals surface area contributed by atoms with Gasteiger partial charge in [0, 0.05) is 23.8 Å². The van der Waals surface area contributed by atoms with Crippen LogP contribution in [0.3, 0.4) is 0 Å². The highest BCUT2D eigenvalue weighted by molar-refractivity contribution is 9.10. The van der Waals surface area contributed by atoms with Crippen molar-refractivity contribution in [1.29, 1.82) is 0 Å². The molecule has 0 aliphatic heterocycles. The number of aliphatic hydroxyl groups excluding tert-OH is 1. The van der Waals surface area contributed by atoms with Crippen molar-refractivity contribution in [3.05, 3.63) is 28.2 Å². The van der Waals surface area contributed by atoms with Crippen LogP contribution in [0, 0.1) is 0 Å². The zero-order valence-corrected chi connectivity index (χ0v) is 10.1. The summed E-state index contributed by atoms with van der Waals surface area (Å²) >= 11 is 2.87. The normalized spacial score (nSPS) is 11.6. The van der Waals surface area contributed by atoms with Crippen LogP contribution < -0.4 is 4.90 Å². The van der Waals surface area contributed by atoms with Crippen LogP contribution in [0.5, 0.6) is 0 Å². The predicted molar refractivity (Wildman–Crippen MR) is 59.5 cm³/mol. The summed E-state index contributed by atoms with van der Waals surface area (Å²) in [5, 5.41) is 8.71. The molecule has 0 radical (unpaired) electrons. The maximum atomic E-state index is 12.6. The maximum absolute atomic E-state index is 12.6. The minimum atomic E-state index is -4.38. The number of alkyl halides is 3. The van der Waals surface area contributed by atoms with Crippen LogP contribution in [0.15, 0.2) is 22.7 Å². The topological polar surface area (TPSA) is 23.5 Å². The van der Waals surface area contributed by atoms with Gasteiger partial charge >= 0.3 is 6.18 Å². The number of hydrogen-bond acceptors (Lipinski definition) is 2. The molecule has 0 saturated carbocycles. The van der Waals surface area contributed by atoms with Gasteiger partial charge in [-0.1, -0.05) is 15.9 Å². The third kappa shape index (κ3) is 3.12. The molecule has 0 bridgehead atoms. The van der Waals surface area contributed by atoms with E-state index in [2.05, 4.69) is 15.9 Å². The van der Waals surface area contributed by atoms with Gasteiger partial charge in [-0.15, -0.1) is 0 Å². The fourth-order valence-electron chi connectivity index (χ4n) is 1.25. The third-order valence-electron chi connectivity index (χ3n) is 2.13. The first kappa shape index (κ1) is 13.3. The summed E-state index contributed by atoms with van der Waals surface area (Å²) in [5.74, 6) is 0. The van der Waals surface area contributed by atoms with E-state index in [0.717, 1.165) is 6.07 Å². The molecule has 1 aromatic carbocycles. The van der Waals surface area contributed by atoms with Gasteiger partial charge < -0.3 is 10.0 Å². The average molecular weight is 298 g/mol. The Labute approximate surface area is 99.8 Å². The zero-order chi connectivity index (χ0) is 12.3. The molecule has 0 amide bonds. The quantitative estimate of drug-likeness (QED) is 0.927. The van der Waals surface area contributed by atoms with Crippen LogP contribution in [0.2, 0.25) is 0 Å². The minimum absolute atomic E-state index is 0.0150. The van der Waals surface area contributed by atoms with Crippen molar-refractivity contribution in [2.75, 3.05) is 25.1 Å². The van der Waals surface area contributed by atoms with Crippen molar-refractivity contribution in [2.24, 2.45) is 0 Å². The van der Waals surface area contributed by atoms with Crippen LogP contribution in [-0.4, -0.2) is 25.3 Å². The van der Waals surface area contributed by atoms with E-state index < -0.39 is 11.7 Å². The Hall–Kier alpha value is -0.750. The molecule has 6 heteroatoms. The van der Waals surface area contributed by atoms with Crippen molar-refractivity contribution in [2.45, 2.75) is 6.18 Å². The number of benzene rings is 1. The lowest BCUT2D eigenvalue weighted by Gasteiger charge is -2.20. The van der Waals surface area contributed by atoms with E-state index in [4.69, 9.17) is 5.11 Å². The highest BCUT2D eigenvalue weighted by Gasteiger charge is 2.33. The summed E-state index contributed by atoms with van der Waals surface area (Å²) in [4.78, 5) is 1.56. The SMILES string of the molecule is CN(CCO)c1ccc(Br)c(C(F)(F)F)c1. The van der Waals surface area contributed by atoms with E-state index in [9.17, 15) is 13.2 Å². The molecule has 1 N–H and O–H groups in total. The molecule has 2 nitrogen and oxygen atoms in total. The molecule has 0 aliphatic rings. The lowest BCUT2D eigenvalue weighted by Crippen LogP contribution is -2.21. The van der Waals surface area contributed by atoms with E-state index in [0.29, 0.717) is 12.2 Å². The van der Waals surface area contributed by atoms with Crippen molar-refractivity contribution >= 4 is 21.6 Å². The van der Waals surface area contributed by atoms with Gasteiger partial charge in [0.05, 0.1) is 12.2 Å². The van der Waals surface area contributed by atoms with Crippen molar-refractivity contribution in [1.82, 2.24) is 0 Å². The number of likely N-dealkylation sites (N-methyl/N-ethyl adjacent to an activating group) is 1. The lowest BCUT2D eigenvalue weighted by atomic mass is 10.2. The number of aliphatic hydroxyl groups is 1. The largest absolute Gasteiger partial charge is 0.417 e. The van der Waals surface area contributed by atoms with E-state index in [1.165, 1.54) is 6.07 Å². The highest BCUT2D eigenvalue weighted by atomic mass is 79.9. The van der Waals surface area contributed by atoms with E-state index in [1.807, 2.05) is 0 Å². The summed E-state index contributed by atoms with van der Waals surface area (Å²) in [6.45, 7) is 0.187. The van der Waals surface area contributed by atoms with E-state index >= 15 is 0 Å². The summed E-state index contributed by atoms with van der Waals surface area (Å²) in [6, 6.07) is 3.97. The van der Waals surface area contributed by atoms with Crippen molar-refractivity contribution in [3.8, 4) is 0 Å². The smallest absolute Gasteiger partial charge is 0.395 e. The Balaban J connectivity index is 3.07. The fraction of sp³-hybridized carbons (Fsp3) is 0.400. The number of halogens is 4. The Kier molecular flexibility index (Phi) is 4.21. The van der Waals surface area contributed by atoms with Gasteiger partial charge in [0.1, 0.15) is 0 Å². The first-order chi connectivity index (χ1) is 7.36. The summed E-state index contributed by atoms with van der Waals surface area (Å²) in [6.07, 6.45) is -4.38. The lowest BCUT2D eigenvalue weighted by molar-refractivity contribution is -0.138. The number of rotatable bonds is 3. The first-order valence-electron chi connectivity index (χ1n) is 4.55. The van der Waals surface area contributed by atoms with Gasteiger partial charge in [0.25, 0.3) is 0 Å². The summed E-state index contributed by atoms with van der Waals surface area (Å²) < 4.78 is 37.8. The second-order valence-electron chi connectivity index (χ2n) is 3.31. The Bertz CT molecular complexity index is 368. The molecule has 0 spiro atoms. The minimum Gasteiger partial charge on any atom is -0.395 e. The third-order valence-corrected chi connectivity index (χ3v) is 2.82. The molecule has 90 valence electrons. The number of hydrogen-bond donors (Lipinski definition) is 1. The second-order valence-corrected chi connectivity index (χ2v) is 4.16. The average Bonchev–Trinajstić information content (AvgIpc) is 2.16. The molecule has 0 fully saturated rings. The maximum Gasteiger partial charge on any atom is 0.417 e. The first-order valence-corrected chi connectivity index (χ1v) is 5.34. The Morgan fingerprint density at radius 3 is 2.50 bits per heavy atom. The van der Waals surface area contributed by atoms with Gasteiger partial charge in [-0.05, 0) is 18.2 Å². The standard InChI is InChI=1S/C10H11BrF3NO/c1-15(4-5-16)7-2-3-9(11)8(6-7)10(12,13)14/h2-3,6,16H,4-5H2,1H3. The zero-order valence-electron chi connectivity index (χ0n) is 8.55. The molecule has 0 heterocycles. The number of anilines is 1. The molecule has 16 heavy (non-hydrogen) atoms. The molecule has 0 atom stereocenters. The van der Waals surface area contributed by atoms with Crippen LogP contribution in [0.4, 0.5) is 18.9 Å². The van der Waals surface area contributed by atoms with Gasteiger partial charge in [-0.25, -0.2) is 0 Å². The summed E-state index contributed by atoms with van der Waals surface area (Å²) in [5.41, 5.74) is -0.292. The molecule has 0 aliphatic carbocycles.